The van der Waals surface area contributed by atoms with E-state index in [-0.39, 0.29) is 5.97 Å². The van der Waals surface area contributed by atoms with Crippen LogP contribution in [0.4, 0.5) is 0 Å². The zero-order chi connectivity index (χ0) is 10.7. The lowest BCUT2D eigenvalue weighted by Crippen LogP contribution is -2.09. The van der Waals surface area contributed by atoms with Crippen LogP contribution in [0.15, 0.2) is 30.4 Å². The van der Waals surface area contributed by atoms with Gasteiger partial charge in [-0.15, -0.1) is 0 Å². The van der Waals surface area contributed by atoms with Gasteiger partial charge in [0.2, 0.25) is 0 Å². The van der Waals surface area contributed by atoms with Gasteiger partial charge in [-0.05, 0) is 38.0 Å². The van der Waals surface area contributed by atoms with E-state index in [2.05, 4.69) is 6.58 Å². The second-order valence-corrected chi connectivity index (χ2v) is 3.44. The standard InChI is InChI=1S/C12H14O2/c1-8(2)12(13)14-11-7-9(3)5-6-10(11)4/h5-7H,1H2,2-4H3. The minimum absolute atomic E-state index is 0.376. The molecule has 0 N–H and O–H groups in total. The summed E-state index contributed by atoms with van der Waals surface area (Å²) in [5.74, 6) is 0.233. The number of carbonyl (C=O) groups is 1. The van der Waals surface area contributed by atoms with Gasteiger partial charge in [-0.1, -0.05) is 18.7 Å². The van der Waals surface area contributed by atoms with Crippen molar-refractivity contribution in [3.63, 3.8) is 0 Å². The molecule has 0 aromatic heterocycles. The molecule has 1 aromatic rings. The summed E-state index contributed by atoms with van der Waals surface area (Å²) in [6.45, 7) is 9.02. The molecule has 0 spiro atoms. The van der Waals surface area contributed by atoms with Crippen molar-refractivity contribution in [1.29, 1.82) is 0 Å². The van der Waals surface area contributed by atoms with Crippen LogP contribution in [0.3, 0.4) is 0 Å². The van der Waals surface area contributed by atoms with Crippen molar-refractivity contribution >= 4 is 5.97 Å². The molecule has 0 saturated heterocycles. The Labute approximate surface area is 84.2 Å². The van der Waals surface area contributed by atoms with Gasteiger partial charge in [0, 0.05) is 5.57 Å². The normalized spacial score (nSPS) is 9.64. The van der Waals surface area contributed by atoms with Gasteiger partial charge in [-0.2, -0.15) is 0 Å². The van der Waals surface area contributed by atoms with E-state index < -0.39 is 0 Å². The Hall–Kier alpha value is -1.57. The number of hydrogen-bond acceptors (Lipinski definition) is 2. The molecule has 0 aliphatic rings. The number of esters is 1. The van der Waals surface area contributed by atoms with Crippen LogP contribution in [0.5, 0.6) is 5.75 Å². The topological polar surface area (TPSA) is 26.3 Å². The highest BCUT2D eigenvalue weighted by atomic mass is 16.5. The Bertz CT molecular complexity index is 378. The second kappa shape index (κ2) is 4.09. The van der Waals surface area contributed by atoms with Gasteiger partial charge < -0.3 is 4.74 Å². The average molecular weight is 190 g/mol. The van der Waals surface area contributed by atoms with Crippen LogP contribution in [0, 0.1) is 13.8 Å². The third-order valence-corrected chi connectivity index (χ3v) is 1.89. The quantitative estimate of drug-likeness (QED) is 0.407. The first-order valence-electron chi connectivity index (χ1n) is 4.45. The Balaban J connectivity index is 2.91. The van der Waals surface area contributed by atoms with Crippen molar-refractivity contribution in [3.05, 3.63) is 41.5 Å². The minimum atomic E-state index is -0.376. The zero-order valence-electron chi connectivity index (χ0n) is 8.76. The summed E-state index contributed by atoms with van der Waals surface area (Å²) in [6.07, 6.45) is 0. The number of hydrogen-bond donors (Lipinski definition) is 0. The fourth-order valence-corrected chi connectivity index (χ4v) is 1.00. The zero-order valence-corrected chi connectivity index (χ0v) is 8.76. The third-order valence-electron chi connectivity index (χ3n) is 1.89. The van der Waals surface area contributed by atoms with Gasteiger partial charge in [0.15, 0.2) is 0 Å². The molecule has 74 valence electrons. The highest BCUT2D eigenvalue weighted by Gasteiger charge is 2.07. The summed E-state index contributed by atoms with van der Waals surface area (Å²) in [5.41, 5.74) is 2.43. The lowest BCUT2D eigenvalue weighted by atomic mass is 10.1. The van der Waals surface area contributed by atoms with Gasteiger partial charge in [0.05, 0.1) is 0 Å². The van der Waals surface area contributed by atoms with Crippen LogP contribution >= 0.6 is 0 Å². The van der Waals surface area contributed by atoms with Crippen molar-refractivity contribution in [2.75, 3.05) is 0 Å². The van der Waals surface area contributed by atoms with E-state index in [4.69, 9.17) is 4.74 Å². The predicted molar refractivity (Wildman–Crippen MR) is 56.4 cm³/mol. The lowest BCUT2D eigenvalue weighted by molar-refractivity contribution is -0.130. The van der Waals surface area contributed by atoms with E-state index in [9.17, 15) is 4.79 Å². The fraction of sp³-hybridized carbons (Fsp3) is 0.250. The highest BCUT2D eigenvalue weighted by molar-refractivity contribution is 5.88. The molecule has 0 amide bonds. The molecule has 2 heteroatoms. The Morgan fingerprint density at radius 1 is 1.36 bits per heavy atom. The number of ether oxygens (including phenoxy) is 1. The van der Waals surface area contributed by atoms with E-state index >= 15 is 0 Å². The van der Waals surface area contributed by atoms with Crippen LogP contribution in [0.1, 0.15) is 18.1 Å². The van der Waals surface area contributed by atoms with Gasteiger partial charge >= 0.3 is 5.97 Å². The first kappa shape index (κ1) is 10.5. The molecule has 0 aliphatic carbocycles. The number of aryl methyl sites for hydroxylation is 2. The highest BCUT2D eigenvalue weighted by Crippen LogP contribution is 2.19. The average Bonchev–Trinajstić information content (AvgIpc) is 2.11. The van der Waals surface area contributed by atoms with Crippen molar-refractivity contribution in [2.45, 2.75) is 20.8 Å². The largest absolute Gasteiger partial charge is 0.423 e. The van der Waals surface area contributed by atoms with Crippen LogP contribution in [-0.4, -0.2) is 5.97 Å². The molecular formula is C12H14O2. The molecule has 0 saturated carbocycles. The van der Waals surface area contributed by atoms with E-state index in [1.54, 1.807) is 6.92 Å². The summed E-state index contributed by atoms with van der Waals surface area (Å²) in [7, 11) is 0. The Morgan fingerprint density at radius 2 is 2.00 bits per heavy atom. The molecule has 0 radical (unpaired) electrons. The first-order valence-corrected chi connectivity index (χ1v) is 4.45. The maximum Gasteiger partial charge on any atom is 0.338 e. The molecular weight excluding hydrogens is 176 g/mol. The molecule has 0 atom stereocenters. The molecule has 1 rings (SSSR count). The van der Waals surface area contributed by atoms with E-state index in [1.807, 2.05) is 32.0 Å². The predicted octanol–water partition coefficient (Wildman–Crippen LogP) is 2.78. The van der Waals surface area contributed by atoms with Crippen LogP contribution < -0.4 is 4.74 Å². The molecule has 0 aliphatic heterocycles. The van der Waals surface area contributed by atoms with Gasteiger partial charge in [-0.3, -0.25) is 0 Å². The minimum Gasteiger partial charge on any atom is -0.423 e. The summed E-state index contributed by atoms with van der Waals surface area (Å²) in [5, 5.41) is 0. The summed E-state index contributed by atoms with van der Waals surface area (Å²) in [6, 6.07) is 5.75. The van der Waals surface area contributed by atoms with E-state index in [0.717, 1.165) is 11.1 Å². The molecule has 0 bridgehead atoms. The maximum absolute atomic E-state index is 11.3. The third kappa shape index (κ3) is 2.46. The number of carbonyl (C=O) groups excluding carboxylic acids is 1. The second-order valence-electron chi connectivity index (χ2n) is 3.44. The van der Waals surface area contributed by atoms with E-state index in [0.29, 0.717) is 11.3 Å². The maximum atomic E-state index is 11.3. The van der Waals surface area contributed by atoms with Crippen LogP contribution in [0.2, 0.25) is 0 Å². The molecule has 1 aromatic carbocycles. The number of benzene rings is 1. The van der Waals surface area contributed by atoms with E-state index in [1.165, 1.54) is 0 Å². The molecule has 2 nitrogen and oxygen atoms in total. The molecule has 14 heavy (non-hydrogen) atoms. The first-order chi connectivity index (χ1) is 6.50. The SMILES string of the molecule is C=C(C)C(=O)Oc1cc(C)ccc1C. The summed E-state index contributed by atoms with van der Waals surface area (Å²) >= 11 is 0. The Morgan fingerprint density at radius 3 is 2.57 bits per heavy atom. The number of rotatable bonds is 2. The Kier molecular flexibility index (Phi) is 3.07. The summed E-state index contributed by atoms with van der Waals surface area (Å²) in [4.78, 5) is 11.3. The monoisotopic (exact) mass is 190 g/mol. The van der Waals surface area contributed by atoms with Crippen molar-refractivity contribution in [1.82, 2.24) is 0 Å². The van der Waals surface area contributed by atoms with Crippen LogP contribution in [-0.2, 0) is 4.79 Å². The smallest absolute Gasteiger partial charge is 0.338 e. The van der Waals surface area contributed by atoms with Gasteiger partial charge in [-0.25, -0.2) is 4.79 Å². The van der Waals surface area contributed by atoms with Gasteiger partial charge in [0.25, 0.3) is 0 Å². The lowest BCUT2D eigenvalue weighted by Gasteiger charge is -2.07. The van der Waals surface area contributed by atoms with Crippen molar-refractivity contribution in [3.8, 4) is 5.75 Å². The van der Waals surface area contributed by atoms with Crippen molar-refractivity contribution < 1.29 is 9.53 Å². The van der Waals surface area contributed by atoms with Gasteiger partial charge in [0.1, 0.15) is 5.75 Å². The van der Waals surface area contributed by atoms with Crippen LogP contribution in [0.25, 0.3) is 0 Å². The molecule has 0 fully saturated rings. The molecule has 0 unspecified atom stereocenters. The molecule has 0 heterocycles. The van der Waals surface area contributed by atoms with Crippen molar-refractivity contribution in [2.24, 2.45) is 0 Å². The fourth-order valence-electron chi connectivity index (χ4n) is 1.00. The summed E-state index contributed by atoms with van der Waals surface area (Å²) < 4.78 is 5.15.